The number of rotatable bonds is 10. The van der Waals surface area contributed by atoms with Crippen molar-refractivity contribution in [3.63, 3.8) is 0 Å². The van der Waals surface area contributed by atoms with Crippen molar-refractivity contribution < 1.29 is 9.47 Å². The minimum absolute atomic E-state index is 0.0814. The molecule has 1 heterocycles. The van der Waals surface area contributed by atoms with E-state index in [4.69, 9.17) is 14.5 Å². The Morgan fingerprint density at radius 1 is 0.861 bits per heavy atom. The first-order chi connectivity index (χ1) is 17.6. The fourth-order valence-corrected chi connectivity index (χ4v) is 4.11. The maximum atomic E-state index is 13.9. The van der Waals surface area contributed by atoms with Crippen LogP contribution in [0.5, 0.6) is 5.75 Å². The third-order valence-corrected chi connectivity index (χ3v) is 5.83. The van der Waals surface area contributed by atoms with Crippen molar-refractivity contribution >= 4 is 6.08 Å². The van der Waals surface area contributed by atoms with E-state index in [0.717, 1.165) is 22.3 Å². The van der Waals surface area contributed by atoms with Crippen LogP contribution in [0.4, 0.5) is 0 Å². The molecule has 0 atom stereocenters. The van der Waals surface area contributed by atoms with E-state index in [2.05, 4.69) is 12.1 Å². The summed E-state index contributed by atoms with van der Waals surface area (Å²) in [6.07, 6.45) is 2.60. The molecule has 0 fully saturated rings. The molecule has 0 radical (unpaired) electrons. The van der Waals surface area contributed by atoms with Gasteiger partial charge in [-0.15, -0.1) is 0 Å². The standard InChI is InChI=1S/C31H32N2O3/c1-23(2)20-27-28(22-35-3)32-30(33(31(27)34)19-18-24-12-6-4-7-13-24)26-16-10-11-17-29(26)36-21-25-14-8-5-9-15-25/h4-17,20H,18-19,21-22H2,1-3H3. The number of nitrogens with zero attached hydrogens (tertiary/aromatic N) is 2. The highest BCUT2D eigenvalue weighted by Gasteiger charge is 2.19. The van der Waals surface area contributed by atoms with Crippen LogP contribution in [0.1, 0.15) is 36.2 Å². The van der Waals surface area contributed by atoms with E-state index in [1.165, 1.54) is 0 Å². The van der Waals surface area contributed by atoms with Gasteiger partial charge < -0.3 is 9.47 Å². The molecule has 0 aliphatic rings. The van der Waals surface area contributed by atoms with Crippen LogP contribution in [0.25, 0.3) is 17.5 Å². The molecule has 184 valence electrons. The van der Waals surface area contributed by atoms with Gasteiger partial charge in [-0.05, 0) is 49.6 Å². The van der Waals surface area contributed by atoms with Crippen LogP contribution in [-0.4, -0.2) is 16.7 Å². The second kappa shape index (κ2) is 12.1. The highest BCUT2D eigenvalue weighted by molar-refractivity contribution is 5.66. The highest BCUT2D eigenvalue weighted by atomic mass is 16.5. The number of ether oxygens (including phenoxy) is 2. The molecule has 0 amide bonds. The number of aryl methyl sites for hydroxylation is 1. The lowest BCUT2D eigenvalue weighted by molar-refractivity contribution is 0.181. The number of aromatic nitrogens is 2. The van der Waals surface area contributed by atoms with Crippen molar-refractivity contribution in [1.82, 2.24) is 9.55 Å². The number of benzene rings is 3. The molecular weight excluding hydrogens is 448 g/mol. The van der Waals surface area contributed by atoms with Crippen LogP contribution in [0.15, 0.2) is 95.3 Å². The quantitative estimate of drug-likeness (QED) is 0.267. The number of allylic oxidation sites excluding steroid dienone is 1. The largest absolute Gasteiger partial charge is 0.488 e. The summed E-state index contributed by atoms with van der Waals surface area (Å²) in [5.74, 6) is 1.26. The minimum Gasteiger partial charge on any atom is -0.488 e. The second-order valence-electron chi connectivity index (χ2n) is 8.91. The van der Waals surface area contributed by atoms with Crippen LogP contribution < -0.4 is 10.3 Å². The molecule has 4 rings (SSSR count). The van der Waals surface area contributed by atoms with Crippen molar-refractivity contribution in [2.45, 2.75) is 40.0 Å². The zero-order valence-electron chi connectivity index (χ0n) is 21.1. The number of methoxy groups -OCH3 is 1. The minimum atomic E-state index is -0.0814. The third-order valence-electron chi connectivity index (χ3n) is 5.83. The Morgan fingerprint density at radius 2 is 1.50 bits per heavy atom. The first-order valence-corrected chi connectivity index (χ1v) is 12.1. The van der Waals surface area contributed by atoms with Gasteiger partial charge in [-0.3, -0.25) is 9.36 Å². The lowest BCUT2D eigenvalue weighted by Gasteiger charge is -2.18. The molecule has 0 saturated carbocycles. The SMILES string of the molecule is COCc1nc(-c2ccccc2OCc2ccccc2)n(CCc2ccccc2)c(=O)c1C=C(C)C. The summed E-state index contributed by atoms with van der Waals surface area (Å²) < 4.78 is 13.4. The Morgan fingerprint density at radius 3 is 2.17 bits per heavy atom. The van der Waals surface area contributed by atoms with Gasteiger partial charge in [0.1, 0.15) is 18.2 Å². The van der Waals surface area contributed by atoms with Gasteiger partial charge >= 0.3 is 0 Å². The van der Waals surface area contributed by atoms with Crippen molar-refractivity contribution in [3.8, 4) is 17.1 Å². The molecule has 0 spiro atoms. The van der Waals surface area contributed by atoms with Gasteiger partial charge in [0, 0.05) is 13.7 Å². The van der Waals surface area contributed by atoms with Gasteiger partial charge in [0.2, 0.25) is 0 Å². The van der Waals surface area contributed by atoms with Crippen molar-refractivity contribution in [2.75, 3.05) is 7.11 Å². The lowest BCUT2D eigenvalue weighted by Crippen LogP contribution is -2.28. The van der Waals surface area contributed by atoms with Gasteiger partial charge in [0.25, 0.3) is 5.56 Å². The molecule has 5 heteroatoms. The molecule has 4 aromatic rings. The van der Waals surface area contributed by atoms with Crippen LogP contribution in [-0.2, 0) is 30.9 Å². The Balaban J connectivity index is 1.82. The smallest absolute Gasteiger partial charge is 0.261 e. The van der Waals surface area contributed by atoms with E-state index < -0.39 is 0 Å². The predicted octanol–water partition coefficient (Wildman–Crippen LogP) is 6.30. The number of para-hydroxylation sites is 1. The van der Waals surface area contributed by atoms with Crippen LogP contribution in [0.3, 0.4) is 0 Å². The first kappa shape index (κ1) is 25.1. The molecule has 0 saturated heterocycles. The molecule has 0 unspecified atom stereocenters. The van der Waals surface area contributed by atoms with Crippen molar-refractivity contribution in [2.24, 2.45) is 0 Å². The summed E-state index contributed by atoms with van der Waals surface area (Å²) in [6, 6.07) is 28.0. The Hall–Kier alpha value is -3.96. The maximum Gasteiger partial charge on any atom is 0.261 e. The van der Waals surface area contributed by atoms with Crippen LogP contribution in [0.2, 0.25) is 0 Å². The summed E-state index contributed by atoms with van der Waals surface area (Å²) >= 11 is 0. The summed E-state index contributed by atoms with van der Waals surface area (Å²) in [7, 11) is 1.62. The average molecular weight is 481 g/mol. The second-order valence-corrected chi connectivity index (χ2v) is 8.91. The highest BCUT2D eigenvalue weighted by Crippen LogP contribution is 2.30. The molecule has 0 aliphatic carbocycles. The van der Waals surface area contributed by atoms with Gasteiger partial charge in [0.15, 0.2) is 0 Å². The van der Waals surface area contributed by atoms with E-state index >= 15 is 0 Å². The van der Waals surface area contributed by atoms with Crippen molar-refractivity contribution in [1.29, 1.82) is 0 Å². The summed E-state index contributed by atoms with van der Waals surface area (Å²) in [4.78, 5) is 18.9. The fraction of sp³-hybridized carbons (Fsp3) is 0.226. The van der Waals surface area contributed by atoms with E-state index in [9.17, 15) is 4.79 Å². The van der Waals surface area contributed by atoms with Gasteiger partial charge in [-0.1, -0.05) is 78.4 Å². The zero-order chi connectivity index (χ0) is 25.3. The lowest BCUT2D eigenvalue weighted by atomic mass is 10.1. The van der Waals surface area contributed by atoms with E-state index in [1.807, 2.05) is 92.7 Å². The molecule has 5 nitrogen and oxygen atoms in total. The Bertz CT molecular complexity index is 1370. The van der Waals surface area contributed by atoms with Crippen LogP contribution in [0, 0.1) is 0 Å². The topological polar surface area (TPSA) is 53.4 Å². The zero-order valence-corrected chi connectivity index (χ0v) is 21.1. The Kier molecular flexibility index (Phi) is 8.48. The summed E-state index contributed by atoms with van der Waals surface area (Å²) in [5, 5.41) is 0. The monoisotopic (exact) mass is 480 g/mol. The average Bonchev–Trinajstić information content (AvgIpc) is 2.90. The summed E-state index contributed by atoms with van der Waals surface area (Å²) in [5.41, 5.74) is 5.14. The molecule has 0 bridgehead atoms. The van der Waals surface area contributed by atoms with Gasteiger partial charge in [0.05, 0.1) is 23.4 Å². The van der Waals surface area contributed by atoms with E-state index in [0.29, 0.717) is 42.4 Å². The maximum absolute atomic E-state index is 13.9. The third kappa shape index (κ3) is 6.18. The fourth-order valence-electron chi connectivity index (χ4n) is 4.11. The molecule has 36 heavy (non-hydrogen) atoms. The van der Waals surface area contributed by atoms with E-state index in [1.54, 1.807) is 11.7 Å². The molecule has 3 aromatic carbocycles. The number of hydrogen-bond acceptors (Lipinski definition) is 4. The Labute approximate surface area is 212 Å². The normalized spacial score (nSPS) is 10.8. The molecule has 0 N–H and O–H groups in total. The molecule has 0 aliphatic heterocycles. The predicted molar refractivity (Wildman–Crippen MR) is 145 cm³/mol. The van der Waals surface area contributed by atoms with Crippen LogP contribution >= 0.6 is 0 Å². The number of hydrogen-bond donors (Lipinski definition) is 0. The summed E-state index contributed by atoms with van der Waals surface area (Å²) in [6.45, 7) is 5.12. The molecular formula is C31H32N2O3. The van der Waals surface area contributed by atoms with Crippen molar-refractivity contribution in [3.05, 3.63) is 123 Å². The van der Waals surface area contributed by atoms with Gasteiger partial charge in [-0.25, -0.2) is 4.98 Å². The van der Waals surface area contributed by atoms with Gasteiger partial charge in [-0.2, -0.15) is 0 Å². The molecule has 1 aromatic heterocycles. The first-order valence-electron chi connectivity index (χ1n) is 12.1. The van der Waals surface area contributed by atoms with E-state index in [-0.39, 0.29) is 12.2 Å².